The standard InChI is InChI=1S/C14H21ClN2O/c1-14(2,3)13-11(8-12(15)9-16-13)10-17-4-6-18-7-5-17/h8-9H,4-7,10H2,1-3H3. The minimum absolute atomic E-state index is 0.0478. The fraction of sp³-hybridized carbons (Fsp3) is 0.643. The Morgan fingerprint density at radius 2 is 2.00 bits per heavy atom. The van der Waals surface area contributed by atoms with Gasteiger partial charge in [-0.1, -0.05) is 32.4 Å². The first-order valence-corrected chi connectivity index (χ1v) is 6.79. The van der Waals surface area contributed by atoms with Gasteiger partial charge in [0, 0.05) is 31.2 Å². The molecule has 1 aliphatic rings. The molecule has 2 heterocycles. The Morgan fingerprint density at radius 1 is 1.33 bits per heavy atom. The van der Waals surface area contributed by atoms with Crippen molar-refractivity contribution in [1.82, 2.24) is 9.88 Å². The normalized spacial score (nSPS) is 18.0. The molecule has 1 aromatic rings. The average Bonchev–Trinajstić information content (AvgIpc) is 2.28. The van der Waals surface area contributed by atoms with Gasteiger partial charge in [-0.25, -0.2) is 0 Å². The molecule has 1 fully saturated rings. The van der Waals surface area contributed by atoms with Crippen molar-refractivity contribution < 1.29 is 4.74 Å². The van der Waals surface area contributed by atoms with Crippen LogP contribution in [0.25, 0.3) is 0 Å². The zero-order valence-electron chi connectivity index (χ0n) is 11.4. The number of halogens is 1. The van der Waals surface area contributed by atoms with Crippen molar-refractivity contribution in [1.29, 1.82) is 0 Å². The fourth-order valence-corrected chi connectivity index (χ4v) is 2.46. The van der Waals surface area contributed by atoms with Crippen molar-refractivity contribution in [2.45, 2.75) is 32.7 Å². The van der Waals surface area contributed by atoms with Crippen molar-refractivity contribution >= 4 is 11.6 Å². The molecule has 4 heteroatoms. The summed E-state index contributed by atoms with van der Waals surface area (Å²) in [6, 6.07) is 2.05. The Morgan fingerprint density at radius 3 is 2.61 bits per heavy atom. The number of pyridine rings is 1. The van der Waals surface area contributed by atoms with Gasteiger partial charge < -0.3 is 4.74 Å². The van der Waals surface area contributed by atoms with Gasteiger partial charge in [0.25, 0.3) is 0 Å². The number of nitrogens with zero attached hydrogens (tertiary/aromatic N) is 2. The molecule has 3 nitrogen and oxygen atoms in total. The molecule has 1 aromatic heterocycles. The van der Waals surface area contributed by atoms with Crippen molar-refractivity contribution in [3.8, 4) is 0 Å². The quantitative estimate of drug-likeness (QED) is 0.825. The van der Waals surface area contributed by atoms with E-state index in [4.69, 9.17) is 16.3 Å². The Kier molecular flexibility index (Phi) is 4.25. The van der Waals surface area contributed by atoms with Gasteiger partial charge in [-0.15, -0.1) is 0 Å². The van der Waals surface area contributed by atoms with Gasteiger partial charge in [0.1, 0.15) is 0 Å². The van der Waals surface area contributed by atoms with Gasteiger partial charge in [-0.2, -0.15) is 0 Å². The van der Waals surface area contributed by atoms with Gasteiger partial charge >= 0.3 is 0 Å². The topological polar surface area (TPSA) is 25.4 Å². The summed E-state index contributed by atoms with van der Waals surface area (Å²) in [6.07, 6.45) is 1.74. The summed E-state index contributed by atoms with van der Waals surface area (Å²) in [6.45, 7) is 11.1. The lowest BCUT2D eigenvalue weighted by atomic mass is 9.88. The summed E-state index contributed by atoms with van der Waals surface area (Å²) >= 11 is 6.08. The van der Waals surface area contributed by atoms with E-state index in [-0.39, 0.29) is 5.41 Å². The van der Waals surface area contributed by atoms with Gasteiger partial charge in [0.05, 0.1) is 23.9 Å². The first-order valence-electron chi connectivity index (χ1n) is 6.42. The monoisotopic (exact) mass is 268 g/mol. The number of rotatable bonds is 2. The van der Waals surface area contributed by atoms with Crippen LogP contribution in [0.15, 0.2) is 12.3 Å². The van der Waals surface area contributed by atoms with Crippen molar-refractivity contribution in [3.63, 3.8) is 0 Å². The van der Waals surface area contributed by atoms with E-state index in [0.717, 1.165) is 38.5 Å². The molecule has 0 unspecified atom stereocenters. The van der Waals surface area contributed by atoms with E-state index >= 15 is 0 Å². The summed E-state index contributed by atoms with van der Waals surface area (Å²) in [5.74, 6) is 0. The van der Waals surface area contributed by atoms with Crippen LogP contribution in [0, 0.1) is 0 Å². The molecular formula is C14H21ClN2O. The highest BCUT2D eigenvalue weighted by Crippen LogP contribution is 2.26. The summed E-state index contributed by atoms with van der Waals surface area (Å²) in [7, 11) is 0. The lowest BCUT2D eigenvalue weighted by Crippen LogP contribution is -2.36. The van der Waals surface area contributed by atoms with E-state index in [1.807, 2.05) is 6.07 Å². The van der Waals surface area contributed by atoms with Crippen molar-refractivity contribution in [2.75, 3.05) is 26.3 Å². The van der Waals surface area contributed by atoms with Crippen LogP contribution in [0.3, 0.4) is 0 Å². The maximum absolute atomic E-state index is 6.08. The van der Waals surface area contributed by atoms with E-state index in [9.17, 15) is 0 Å². The molecule has 0 bridgehead atoms. The third-order valence-electron chi connectivity index (χ3n) is 3.14. The summed E-state index contributed by atoms with van der Waals surface area (Å²) < 4.78 is 5.38. The molecule has 18 heavy (non-hydrogen) atoms. The van der Waals surface area contributed by atoms with Crippen LogP contribution in [0.5, 0.6) is 0 Å². The van der Waals surface area contributed by atoms with Gasteiger partial charge in [-0.05, 0) is 11.6 Å². The van der Waals surface area contributed by atoms with E-state index in [1.54, 1.807) is 6.20 Å². The summed E-state index contributed by atoms with van der Waals surface area (Å²) in [5, 5.41) is 0.714. The molecule has 0 spiro atoms. The number of ether oxygens (including phenoxy) is 1. The molecular weight excluding hydrogens is 248 g/mol. The Bertz CT molecular complexity index is 409. The van der Waals surface area contributed by atoms with Crippen LogP contribution in [-0.4, -0.2) is 36.2 Å². The maximum atomic E-state index is 6.08. The third-order valence-corrected chi connectivity index (χ3v) is 3.35. The van der Waals surface area contributed by atoms with Crippen molar-refractivity contribution in [3.05, 3.63) is 28.5 Å². The zero-order chi connectivity index (χ0) is 13.2. The zero-order valence-corrected chi connectivity index (χ0v) is 12.1. The van der Waals surface area contributed by atoms with Crippen LogP contribution in [-0.2, 0) is 16.7 Å². The summed E-state index contributed by atoms with van der Waals surface area (Å²) in [5.41, 5.74) is 2.42. The SMILES string of the molecule is CC(C)(C)c1ncc(Cl)cc1CN1CCOCC1. The molecule has 0 atom stereocenters. The van der Waals surface area contributed by atoms with E-state index in [0.29, 0.717) is 5.02 Å². The number of morpholine rings is 1. The summed E-state index contributed by atoms with van der Waals surface area (Å²) in [4.78, 5) is 6.92. The Balaban J connectivity index is 2.21. The first kappa shape index (κ1) is 13.8. The van der Waals surface area contributed by atoms with E-state index in [1.165, 1.54) is 5.56 Å². The highest BCUT2D eigenvalue weighted by atomic mass is 35.5. The highest BCUT2D eigenvalue weighted by Gasteiger charge is 2.21. The molecule has 0 N–H and O–H groups in total. The number of hydrogen-bond acceptors (Lipinski definition) is 3. The largest absolute Gasteiger partial charge is 0.379 e. The van der Waals surface area contributed by atoms with Crippen LogP contribution < -0.4 is 0 Å². The predicted octanol–water partition coefficient (Wildman–Crippen LogP) is 2.86. The van der Waals surface area contributed by atoms with Gasteiger partial charge in [-0.3, -0.25) is 9.88 Å². The second kappa shape index (κ2) is 5.55. The average molecular weight is 269 g/mol. The van der Waals surface area contributed by atoms with Crippen LogP contribution in [0.2, 0.25) is 5.02 Å². The minimum Gasteiger partial charge on any atom is -0.379 e. The number of hydrogen-bond donors (Lipinski definition) is 0. The highest BCUT2D eigenvalue weighted by molar-refractivity contribution is 6.30. The molecule has 0 radical (unpaired) electrons. The van der Waals surface area contributed by atoms with Crippen LogP contribution in [0.1, 0.15) is 32.0 Å². The molecule has 0 amide bonds. The maximum Gasteiger partial charge on any atom is 0.0594 e. The lowest BCUT2D eigenvalue weighted by Gasteiger charge is -2.29. The molecule has 100 valence electrons. The van der Waals surface area contributed by atoms with Crippen molar-refractivity contribution in [2.24, 2.45) is 0 Å². The fourth-order valence-electron chi connectivity index (χ4n) is 2.28. The second-order valence-electron chi connectivity index (χ2n) is 5.80. The predicted molar refractivity (Wildman–Crippen MR) is 74.0 cm³/mol. The van der Waals surface area contributed by atoms with E-state index in [2.05, 4.69) is 30.7 Å². The number of aromatic nitrogens is 1. The molecule has 1 aliphatic heterocycles. The minimum atomic E-state index is 0.0478. The first-order chi connectivity index (χ1) is 8.47. The Labute approximate surface area is 114 Å². The smallest absolute Gasteiger partial charge is 0.0594 e. The molecule has 2 rings (SSSR count). The lowest BCUT2D eigenvalue weighted by molar-refractivity contribution is 0.0339. The third kappa shape index (κ3) is 3.44. The molecule has 0 aliphatic carbocycles. The van der Waals surface area contributed by atoms with Gasteiger partial charge in [0.2, 0.25) is 0 Å². The molecule has 1 saturated heterocycles. The van der Waals surface area contributed by atoms with Crippen LogP contribution in [0.4, 0.5) is 0 Å². The second-order valence-corrected chi connectivity index (χ2v) is 6.24. The van der Waals surface area contributed by atoms with E-state index < -0.39 is 0 Å². The Hall–Kier alpha value is -0.640. The van der Waals surface area contributed by atoms with Crippen LogP contribution >= 0.6 is 11.6 Å². The van der Waals surface area contributed by atoms with Gasteiger partial charge in [0.15, 0.2) is 0 Å². The molecule has 0 aromatic carbocycles. The molecule has 0 saturated carbocycles.